The molecule has 7 nitrogen and oxygen atoms in total. The van der Waals surface area contributed by atoms with Gasteiger partial charge >= 0.3 is 0 Å². The predicted molar refractivity (Wildman–Crippen MR) is 129 cm³/mol. The number of rotatable bonds is 5. The van der Waals surface area contributed by atoms with Gasteiger partial charge in [-0.1, -0.05) is 53.5 Å². The van der Waals surface area contributed by atoms with Gasteiger partial charge in [0.05, 0.1) is 11.1 Å². The molecule has 4 rings (SSSR count). The van der Waals surface area contributed by atoms with E-state index in [2.05, 4.69) is 5.32 Å². The summed E-state index contributed by atoms with van der Waals surface area (Å²) in [5.41, 5.74) is 2.97. The summed E-state index contributed by atoms with van der Waals surface area (Å²) < 4.78 is 5.82. The van der Waals surface area contributed by atoms with Crippen molar-refractivity contribution in [3.63, 3.8) is 0 Å². The number of fused-ring (bicyclic) bond motifs is 1. The van der Waals surface area contributed by atoms with Crippen LogP contribution in [0.25, 0.3) is 33.5 Å². The number of halogens is 2. The number of carbonyl (C=O) groups is 2. The van der Waals surface area contributed by atoms with Crippen LogP contribution in [0.5, 0.6) is 0 Å². The smallest absolute Gasteiger partial charge is 0.291 e. The maximum Gasteiger partial charge on any atom is 0.291 e. The molecule has 0 aliphatic carbocycles. The van der Waals surface area contributed by atoms with Crippen molar-refractivity contribution in [1.29, 1.82) is 0 Å². The molecule has 2 heterocycles. The molecule has 0 unspecified atom stereocenters. The minimum atomic E-state index is -0.753. The lowest BCUT2D eigenvalue weighted by Crippen LogP contribution is -2.23. The van der Waals surface area contributed by atoms with Gasteiger partial charge in [0, 0.05) is 35.3 Å². The monoisotopic (exact) mass is 483 g/mol. The van der Waals surface area contributed by atoms with E-state index in [-0.39, 0.29) is 17.2 Å². The number of aliphatic hydroxyl groups is 1. The standard InChI is InChI=1S/C24H19Cl2N3O4/c1-29(2)24(32)22-21(27-19(31)12-30)17-11-16(13-7-9-14(25)10-8-13)20(28-23(17)33-22)15-5-3-4-6-18(15)26/h3-11,30H,12H2,1-2H3,(H,27,31). The Bertz CT molecular complexity index is 1360. The van der Waals surface area contributed by atoms with E-state index in [0.717, 1.165) is 5.56 Å². The van der Waals surface area contributed by atoms with Gasteiger partial charge in [-0.25, -0.2) is 4.98 Å². The van der Waals surface area contributed by atoms with E-state index in [1.54, 1.807) is 38.4 Å². The van der Waals surface area contributed by atoms with Crippen molar-refractivity contribution in [3.8, 4) is 22.4 Å². The first kappa shape index (κ1) is 22.8. The summed E-state index contributed by atoms with van der Waals surface area (Å²) in [6.45, 7) is -0.753. The molecular formula is C24H19Cl2N3O4. The summed E-state index contributed by atoms with van der Waals surface area (Å²) in [5.74, 6) is -1.25. The summed E-state index contributed by atoms with van der Waals surface area (Å²) in [5, 5.41) is 13.3. The van der Waals surface area contributed by atoms with Crippen LogP contribution in [0, 0.1) is 0 Å². The van der Waals surface area contributed by atoms with E-state index in [1.165, 1.54) is 4.90 Å². The number of hydrogen-bond acceptors (Lipinski definition) is 5. The summed E-state index contributed by atoms with van der Waals surface area (Å²) >= 11 is 12.6. The summed E-state index contributed by atoms with van der Waals surface area (Å²) in [6.07, 6.45) is 0. The first-order valence-corrected chi connectivity index (χ1v) is 10.7. The van der Waals surface area contributed by atoms with Crippen molar-refractivity contribution in [1.82, 2.24) is 9.88 Å². The van der Waals surface area contributed by atoms with Crippen LogP contribution in [-0.2, 0) is 4.79 Å². The zero-order valence-electron chi connectivity index (χ0n) is 17.7. The van der Waals surface area contributed by atoms with E-state index >= 15 is 0 Å². The highest BCUT2D eigenvalue weighted by atomic mass is 35.5. The second-order valence-electron chi connectivity index (χ2n) is 7.44. The van der Waals surface area contributed by atoms with Crippen LogP contribution in [0.3, 0.4) is 0 Å². The minimum absolute atomic E-state index is 0.0948. The van der Waals surface area contributed by atoms with Crippen LogP contribution in [0.15, 0.2) is 59.0 Å². The van der Waals surface area contributed by atoms with Crippen LogP contribution in [0.4, 0.5) is 5.69 Å². The van der Waals surface area contributed by atoms with Gasteiger partial charge in [0.2, 0.25) is 17.4 Å². The normalized spacial score (nSPS) is 10.9. The topological polar surface area (TPSA) is 95.7 Å². The van der Waals surface area contributed by atoms with Gasteiger partial charge in [0.1, 0.15) is 12.3 Å². The third-order valence-corrected chi connectivity index (χ3v) is 5.56. The highest BCUT2D eigenvalue weighted by Crippen LogP contribution is 2.40. The Kier molecular flexibility index (Phi) is 6.37. The Morgan fingerprint density at radius 1 is 1.06 bits per heavy atom. The summed E-state index contributed by atoms with van der Waals surface area (Å²) in [7, 11) is 3.13. The fourth-order valence-corrected chi connectivity index (χ4v) is 3.74. The lowest BCUT2D eigenvalue weighted by molar-refractivity contribution is -0.118. The van der Waals surface area contributed by atoms with Crippen LogP contribution in [0.2, 0.25) is 10.0 Å². The van der Waals surface area contributed by atoms with E-state index in [9.17, 15) is 14.7 Å². The van der Waals surface area contributed by atoms with Gasteiger partial charge in [-0.3, -0.25) is 9.59 Å². The van der Waals surface area contributed by atoms with Gasteiger partial charge in [0.25, 0.3) is 5.91 Å². The molecule has 0 bridgehead atoms. The highest BCUT2D eigenvalue weighted by molar-refractivity contribution is 6.33. The van der Waals surface area contributed by atoms with Crippen molar-refractivity contribution in [2.24, 2.45) is 0 Å². The number of carbonyl (C=O) groups excluding carboxylic acids is 2. The summed E-state index contributed by atoms with van der Waals surface area (Å²) in [4.78, 5) is 30.8. The van der Waals surface area contributed by atoms with E-state index in [1.807, 2.05) is 30.3 Å². The number of nitrogens with one attached hydrogen (secondary N) is 1. The maximum absolute atomic E-state index is 12.8. The fraction of sp³-hybridized carbons (Fsp3) is 0.125. The predicted octanol–water partition coefficient (Wildman–Crippen LogP) is 5.10. The van der Waals surface area contributed by atoms with Crippen molar-refractivity contribution >= 4 is 51.8 Å². The molecule has 2 N–H and O–H groups in total. The Morgan fingerprint density at radius 3 is 2.39 bits per heavy atom. The van der Waals surface area contributed by atoms with Gasteiger partial charge in [-0.15, -0.1) is 0 Å². The molecule has 0 spiro atoms. The van der Waals surface area contributed by atoms with Gasteiger partial charge < -0.3 is 19.7 Å². The quantitative estimate of drug-likeness (QED) is 0.411. The molecule has 2 amide bonds. The second kappa shape index (κ2) is 9.23. The zero-order chi connectivity index (χ0) is 23.7. The maximum atomic E-state index is 12.8. The molecule has 4 aromatic rings. The molecule has 0 saturated heterocycles. The number of nitrogens with zero attached hydrogens (tertiary/aromatic N) is 2. The van der Waals surface area contributed by atoms with Crippen molar-refractivity contribution < 1.29 is 19.1 Å². The van der Waals surface area contributed by atoms with Crippen LogP contribution >= 0.6 is 23.2 Å². The van der Waals surface area contributed by atoms with Crippen molar-refractivity contribution in [2.45, 2.75) is 0 Å². The van der Waals surface area contributed by atoms with Gasteiger partial charge in [-0.2, -0.15) is 0 Å². The Hall–Kier alpha value is -3.39. The molecule has 168 valence electrons. The average molecular weight is 484 g/mol. The molecule has 0 radical (unpaired) electrons. The zero-order valence-corrected chi connectivity index (χ0v) is 19.2. The fourth-order valence-electron chi connectivity index (χ4n) is 3.39. The molecule has 2 aromatic heterocycles. The van der Waals surface area contributed by atoms with E-state index < -0.39 is 18.4 Å². The molecule has 0 saturated carbocycles. The number of anilines is 1. The molecule has 9 heteroatoms. The molecule has 0 aliphatic rings. The molecule has 0 fully saturated rings. The highest BCUT2D eigenvalue weighted by Gasteiger charge is 2.26. The third kappa shape index (κ3) is 4.43. The molecule has 0 aliphatic heterocycles. The van der Waals surface area contributed by atoms with Crippen LogP contribution < -0.4 is 5.32 Å². The first-order chi connectivity index (χ1) is 15.8. The van der Waals surface area contributed by atoms with Crippen LogP contribution in [0.1, 0.15) is 10.6 Å². The number of amides is 2. The lowest BCUT2D eigenvalue weighted by atomic mass is 9.98. The number of pyridine rings is 1. The van der Waals surface area contributed by atoms with Crippen LogP contribution in [-0.4, -0.2) is 47.5 Å². The second-order valence-corrected chi connectivity index (χ2v) is 8.28. The van der Waals surface area contributed by atoms with Crippen molar-refractivity contribution in [2.75, 3.05) is 26.0 Å². The largest absolute Gasteiger partial charge is 0.430 e. The SMILES string of the molecule is CN(C)C(=O)c1oc2nc(-c3ccccc3Cl)c(-c3ccc(Cl)cc3)cc2c1NC(=O)CO. The van der Waals surface area contributed by atoms with E-state index in [0.29, 0.717) is 32.3 Å². The average Bonchev–Trinajstić information content (AvgIpc) is 3.15. The number of furan rings is 1. The minimum Gasteiger partial charge on any atom is -0.430 e. The van der Waals surface area contributed by atoms with E-state index in [4.69, 9.17) is 32.6 Å². The number of benzene rings is 2. The Labute approximate surface area is 199 Å². The number of aromatic nitrogens is 1. The van der Waals surface area contributed by atoms with Gasteiger partial charge in [0.15, 0.2) is 0 Å². The molecule has 33 heavy (non-hydrogen) atoms. The molecule has 0 atom stereocenters. The molecule has 2 aromatic carbocycles. The number of hydrogen-bond donors (Lipinski definition) is 2. The number of aliphatic hydroxyl groups excluding tert-OH is 1. The lowest BCUT2D eigenvalue weighted by Gasteiger charge is -2.12. The van der Waals surface area contributed by atoms with Gasteiger partial charge in [-0.05, 0) is 29.8 Å². The summed E-state index contributed by atoms with van der Waals surface area (Å²) in [6, 6.07) is 16.2. The Morgan fingerprint density at radius 2 is 1.76 bits per heavy atom. The third-order valence-electron chi connectivity index (χ3n) is 4.98. The molecular weight excluding hydrogens is 465 g/mol. The first-order valence-electron chi connectivity index (χ1n) is 9.91. The van der Waals surface area contributed by atoms with Crippen molar-refractivity contribution in [3.05, 3.63) is 70.4 Å². The Balaban J connectivity index is 2.06.